The quantitative estimate of drug-likeness (QED) is 0.884. The van der Waals surface area contributed by atoms with E-state index in [9.17, 15) is 4.79 Å². The van der Waals surface area contributed by atoms with Crippen LogP contribution in [0.5, 0.6) is 0 Å². The van der Waals surface area contributed by atoms with Gasteiger partial charge >= 0.3 is 5.97 Å². The van der Waals surface area contributed by atoms with E-state index in [2.05, 4.69) is 26.4 Å². The maximum Gasteiger partial charge on any atom is 0.358 e. The van der Waals surface area contributed by atoms with Gasteiger partial charge in [-0.05, 0) is 24.6 Å². The van der Waals surface area contributed by atoms with E-state index in [-0.39, 0.29) is 11.7 Å². The number of hydrogen-bond acceptors (Lipinski definition) is 4. The molecule has 2 rings (SSSR count). The van der Waals surface area contributed by atoms with Crippen molar-refractivity contribution in [1.29, 1.82) is 0 Å². The van der Waals surface area contributed by atoms with Gasteiger partial charge in [-0.3, -0.25) is 0 Å². The molecule has 1 aromatic carbocycles. The van der Waals surface area contributed by atoms with Crippen LogP contribution in [0.15, 0.2) is 39.3 Å². The Morgan fingerprint density at radius 3 is 2.95 bits per heavy atom. The molecule has 1 aromatic heterocycles. The molecule has 0 radical (unpaired) electrons. The second-order valence-corrected chi connectivity index (χ2v) is 5.06. The van der Waals surface area contributed by atoms with Crippen LogP contribution >= 0.6 is 15.9 Å². The molecule has 2 N–H and O–H groups in total. The van der Waals surface area contributed by atoms with Gasteiger partial charge in [-0.1, -0.05) is 33.2 Å². The number of nitrogens with one attached hydrogen (secondary N) is 1. The van der Waals surface area contributed by atoms with E-state index in [1.807, 2.05) is 31.2 Å². The van der Waals surface area contributed by atoms with E-state index in [0.717, 1.165) is 10.0 Å². The lowest BCUT2D eigenvalue weighted by Crippen LogP contribution is -2.17. The highest BCUT2D eigenvalue weighted by Crippen LogP contribution is 2.18. The lowest BCUT2D eigenvalue weighted by atomic mass is 10.1. The van der Waals surface area contributed by atoms with E-state index in [1.165, 1.54) is 6.07 Å². The van der Waals surface area contributed by atoms with Crippen LogP contribution in [0.4, 0.5) is 0 Å². The molecular formula is C13H13BrN2O3. The highest BCUT2D eigenvalue weighted by Gasteiger charge is 2.12. The average Bonchev–Trinajstić information content (AvgIpc) is 2.85. The Balaban J connectivity index is 1.96. The van der Waals surface area contributed by atoms with Crippen molar-refractivity contribution < 1.29 is 14.4 Å². The second-order valence-electron chi connectivity index (χ2n) is 4.14. The Bertz CT molecular complexity index is 583. The summed E-state index contributed by atoms with van der Waals surface area (Å²) < 4.78 is 5.95. The number of hydrogen-bond donors (Lipinski definition) is 2. The topological polar surface area (TPSA) is 75.4 Å². The van der Waals surface area contributed by atoms with Crippen LogP contribution in [-0.2, 0) is 6.54 Å². The molecule has 0 spiro atoms. The number of halogens is 1. The molecule has 6 heteroatoms. The minimum atomic E-state index is -1.09. The van der Waals surface area contributed by atoms with Crippen LogP contribution in [0.1, 0.15) is 34.8 Å². The summed E-state index contributed by atoms with van der Waals surface area (Å²) in [4.78, 5) is 10.7. The van der Waals surface area contributed by atoms with Gasteiger partial charge in [0.2, 0.25) is 0 Å². The lowest BCUT2D eigenvalue weighted by Gasteiger charge is -2.13. The van der Waals surface area contributed by atoms with Gasteiger partial charge in [0.25, 0.3) is 0 Å². The van der Waals surface area contributed by atoms with Crippen molar-refractivity contribution in [3.8, 4) is 0 Å². The molecule has 0 aliphatic carbocycles. The summed E-state index contributed by atoms with van der Waals surface area (Å²) in [5, 5.41) is 15.4. The number of carbonyl (C=O) groups is 1. The molecule has 1 atom stereocenters. The number of carboxylic acid groups (broad SMARTS) is 1. The number of aromatic nitrogens is 1. The monoisotopic (exact) mass is 324 g/mol. The zero-order valence-electron chi connectivity index (χ0n) is 10.3. The van der Waals surface area contributed by atoms with E-state index in [1.54, 1.807) is 0 Å². The molecule has 1 heterocycles. The van der Waals surface area contributed by atoms with Crippen LogP contribution in [-0.4, -0.2) is 16.2 Å². The van der Waals surface area contributed by atoms with Gasteiger partial charge in [0.15, 0.2) is 11.5 Å². The van der Waals surface area contributed by atoms with Gasteiger partial charge in [-0.2, -0.15) is 0 Å². The molecule has 0 fully saturated rings. The first-order valence-electron chi connectivity index (χ1n) is 5.74. The van der Waals surface area contributed by atoms with Gasteiger partial charge in [-0.25, -0.2) is 4.79 Å². The molecule has 5 nitrogen and oxygen atoms in total. The molecule has 0 saturated heterocycles. The Hall–Kier alpha value is -1.66. The Kier molecular flexibility index (Phi) is 4.34. The van der Waals surface area contributed by atoms with E-state index < -0.39 is 5.97 Å². The molecule has 0 aliphatic rings. The van der Waals surface area contributed by atoms with E-state index >= 15 is 0 Å². The van der Waals surface area contributed by atoms with Gasteiger partial charge in [0, 0.05) is 16.6 Å². The minimum Gasteiger partial charge on any atom is -0.476 e. The maximum atomic E-state index is 10.7. The van der Waals surface area contributed by atoms with Gasteiger partial charge in [0.1, 0.15) is 0 Å². The molecule has 0 amide bonds. The molecule has 0 saturated carbocycles. The molecule has 0 bridgehead atoms. The number of nitrogens with zero attached hydrogens (tertiary/aromatic N) is 1. The van der Waals surface area contributed by atoms with E-state index in [0.29, 0.717) is 12.3 Å². The zero-order chi connectivity index (χ0) is 13.8. The molecular weight excluding hydrogens is 312 g/mol. The van der Waals surface area contributed by atoms with Crippen LogP contribution in [0.3, 0.4) is 0 Å². The molecule has 19 heavy (non-hydrogen) atoms. The van der Waals surface area contributed by atoms with Gasteiger partial charge < -0.3 is 14.9 Å². The second kappa shape index (κ2) is 5.99. The Morgan fingerprint density at radius 1 is 1.53 bits per heavy atom. The van der Waals surface area contributed by atoms with Crippen LogP contribution in [0.2, 0.25) is 0 Å². The summed E-state index contributed by atoms with van der Waals surface area (Å²) in [6, 6.07) is 9.52. The molecule has 100 valence electrons. The van der Waals surface area contributed by atoms with Crippen molar-refractivity contribution in [3.05, 3.63) is 51.8 Å². The molecule has 2 aromatic rings. The largest absolute Gasteiger partial charge is 0.476 e. The fourth-order valence-electron chi connectivity index (χ4n) is 1.64. The van der Waals surface area contributed by atoms with Crippen molar-refractivity contribution >= 4 is 21.9 Å². The fraction of sp³-hybridized carbons (Fsp3) is 0.231. The third kappa shape index (κ3) is 3.65. The van der Waals surface area contributed by atoms with Crippen molar-refractivity contribution in [1.82, 2.24) is 10.5 Å². The SMILES string of the molecule is C[C@H](NCc1cc(C(=O)O)no1)c1cccc(Br)c1. The number of aromatic carboxylic acids is 1. The smallest absolute Gasteiger partial charge is 0.358 e. The summed E-state index contributed by atoms with van der Waals surface area (Å²) in [7, 11) is 0. The zero-order valence-corrected chi connectivity index (χ0v) is 11.8. The molecule has 0 aliphatic heterocycles. The first-order chi connectivity index (χ1) is 9.06. The first-order valence-corrected chi connectivity index (χ1v) is 6.53. The first kappa shape index (κ1) is 13.8. The highest BCUT2D eigenvalue weighted by molar-refractivity contribution is 9.10. The Morgan fingerprint density at radius 2 is 2.32 bits per heavy atom. The van der Waals surface area contributed by atoms with Crippen LogP contribution in [0, 0.1) is 0 Å². The number of carboxylic acids is 1. The third-order valence-electron chi connectivity index (χ3n) is 2.71. The van der Waals surface area contributed by atoms with Crippen LogP contribution in [0.25, 0.3) is 0 Å². The van der Waals surface area contributed by atoms with Gasteiger partial charge in [-0.15, -0.1) is 0 Å². The number of benzene rings is 1. The standard InChI is InChI=1S/C13H13BrN2O3/c1-8(9-3-2-4-10(14)5-9)15-7-11-6-12(13(17)18)16-19-11/h2-6,8,15H,7H2,1H3,(H,17,18)/t8-/m0/s1. The lowest BCUT2D eigenvalue weighted by molar-refractivity contribution is 0.0685. The maximum absolute atomic E-state index is 10.7. The summed E-state index contributed by atoms with van der Waals surface area (Å²) >= 11 is 3.42. The average molecular weight is 325 g/mol. The van der Waals surface area contributed by atoms with Crippen molar-refractivity contribution in [2.24, 2.45) is 0 Å². The summed E-state index contributed by atoms with van der Waals surface area (Å²) in [6.07, 6.45) is 0. The van der Waals surface area contributed by atoms with Gasteiger partial charge in [0.05, 0.1) is 6.54 Å². The van der Waals surface area contributed by atoms with Crippen molar-refractivity contribution in [2.75, 3.05) is 0 Å². The summed E-state index contributed by atoms with van der Waals surface area (Å²) in [5.41, 5.74) is 1.05. The molecule has 0 unspecified atom stereocenters. The van der Waals surface area contributed by atoms with E-state index in [4.69, 9.17) is 9.63 Å². The normalized spacial score (nSPS) is 12.3. The minimum absolute atomic E-state index is 0.0769. The highest BCUT2D eigenvalue weighted by atomic mass is 79.9. The Labute approximate surface area is 118 Å². The predicted molar refractivity (Wildman–Crippen MR) is 72.9 cm³/mol. The number of rotatable bonds is 5. The predicted octanol–water partition coefficient (Wildman–Crippen LogP) is 2.99. The summed E-state index contributed by atoms with van der Waals surface area (Å²) in [5.74, 6) is -0.589. The third-order valence-corrected chi connectivity index (χ3v) is 3.20. The fourth-order valence-corrected chi connectivity index (χ4v) is 2.06. The van der Waals surface area contributed by atoms with Crippen molar-refractivity contribution in [3.63, 3.8) is 0 Å². The summed E-state index contributed by atoms with van der Waals surface area (Å²) in [6.45, 7) is 2.45. The van der Waals surface area contributed by atoms with Crippen molar-refractivity contribution in [2.45, 2.75) is 19.5 Å². The van der Waals surface area contributed by atoms with Crippen LogP contribution < -0.4 is 5.32 Å².